The third kappa shape index (κ3) is 4.06. The molecule has 4 aromatic heterocycles. The van der Waals surface area contributed by atoms with Crippen molar-refractivity contribution in [2.24, 2.45) is 0 Å². The third-order valence-corrected chi connectivity index (χ3v) is 15.2. The number of para-hydroxylation sites is 3. The lowest BCUT2D eigenvalue weighted by atomic mass is 9.70. The van der Waals surface area contributed by atoms with Crippen molar-refractivity contribution in [2.45, 2.75) is 5.41 Å². The lowest BCUT2D eigenvalue weighted by Crippen LogP contribution is -2.25. The lowest BCUT2D eigenvalue weighted by Gasteiger charge is -2.30. The second-order valence-corrected chi connectivity index (χ2v) is 18.2. The van der Waals surface area contributed by atoms with Gasteiger partial charge < -0.3 is 8.98 Å². The molecule has 14 aromatic rings. The minimum Gasteiger partial charge on any atom is -0.456 e. The number of fused-ring (bicyclic) bond motifs is 21. The van der Waals surface area contributed by atoms with Crippen molar-refractivity contribution in [2.75, 3.05) is 0 Å². The zero-order valence-electron chi connectivity index (χ0n) is 35.3. The predicted octanol–water partition coefficient (Wildman–Crippen LogP) is 15.2. The first-order valence-electron chi connectivity index (χ1n) is 22.7. The largest absolute Gasteiger partial charge is 0.456 e. The summed E-state index contributed by atoms with van der Waals surface area (Å²) in [5, 5.41) is 9.39. The Hall–Kier alpha value is -8.73. The normalized spacial score (nSPS) is 13.6. The summed E-state index contributed by atoms with van der Waals surface area (Å²) >= 11 is 0. The van der Waals surface area contributed by atoms with E-state index in [0.29, 0.717) is 5.39 Å². The topological polar surface area (TPSA) is 39.5 Å². The van der Waals surface area contributed by atoms with Gasteiger partial charge in [0.2, 0.25) is 0 Å². The van der Waals surface area contributed by atoms with Crippen LogP contribution in [0.15, 0.2) is 215 Å². The zero-order valence-corrected chi connectivity index (χ0v) is 35.3. The number of hydrogen-bond acceptors (Lipinski definition) is 2. The summed E-state index contributed by atoms with van der Waals surface area (Å²) in [7, 11) is 0. The fraction of sp³-hybridized carbons (Fsp3) is 0.0161. The van der Waals surface area contributed by atoms with E-state index in [-0.39, 0.29) is 5.56 Å². The molecule has 0 radical (unpaired) electrons. The van der Waals surface area contributed by atoms with E-state index in [4.69, 9.17) is 4.42 Å². The molecule has 0 N–H and O–H groups in total. The number of furan rings is 1. The molecular weight excluding hydrogens is 805 g/mol. The van der Waals surface area contributed by atoms with Gasteiger partial charge in [-0.1, -0.05) is 146 Å². The maximum Gasteiger partial charge on any atom is 0.263 e. The highest BCUT2D eigenvalue weighted by Crippen LogP contribution is 2.63. The average Bonchev–Trinajstić information content (AvgIpc) is 4.16. The Labute approximate surface area is 376 Å². The second kappa shape index (κ2) is 12.1. The number of benzene rings is 10. The Balaban J connectivity index is 1.05. The molecular formula is C62H34N2O2. The van der Waals surface area contributed by atoms with Gasteiger partial charge in [-0.05, 0) is 122 Å². The van der Waals surface area contributed by atoms with Gasteiger partial charge in [-0.15, -0.1) is 0 Å². The highest BCUT2D eigenvalue weighted by molar-refractivity contribution is 6.22. The van der Waals surface area contributed by atoms with E-state index < -0.39 is 5.41 Å². The summed E-state index contributed by atoms with van der Waals surface area (Å²) in [5.41, 5.74) is 18.9. The summed E-state index contributed by atoms with van der Waals surface area (Å²) in [6.45, 7) is 0. The number of pyridine rings is 1. The van der Waals surface area contributed by atoms with Crippen LogP contribution in [0.25, 0.3) is 121 Å². The molecule has 0 saturated carbocycles. The van der Waals surface area contributed by atoms with Crippen molar-refractivity contribution in [3.63, 3.8) is 0 Å². The van der Waals surface area contributed by atoms with Gasteiger partial charge >= 0.3 is 0 Å². The Morgan fingerprint density at radius 2 is 0.894 bits per heavy atom. The molecule has 0 atom stereocenters. The fourth-order valence-corrected chi connectivity index (χ4v) is 12.7. The maximum absolute atomic E-state index is 14.2. The Bertz CT molecular complexity index is 4520. The van der Waals surface area contributed by atoms with Crippen molar-refractivity contribution >= 4 is 81.7 Å². The molecule has 304 valence electrons. The van der Waals surface area contributed by atoms with E-state index in [0.717, 1.165) is 82.4 Å². The molecule has 10 aromatic carbocycles. The molecule has 4 heteroatoms. The van der Waals surface area contributed by atoms with E-state index in [1.54, 1.807) is 0 Å². The zero-order chi connectivity index (χ0) is 43.0. The first kappa shape index (κ1) is 34.7. The minimum absolute atomic E-state index is 0.00957. The first-order valence-corrected chi connectivity index (χ1v) is 22.7. The molecule has 16 rings (SSSR count). The molecule has 66 heavy (non-hydrogen) atoms. The Morgan fingerprint density at radius 1 is 0.364 bits per heavy atom. The van der Waals surface area contributed by atoms with E-state index >= 15 is 0 Å². The minimum atomic E-state index is -0.484. The number of hydrogen-bond donors (Lipinski definition) is 0. The molecule has 1 spiro atoms. The number of nitrogens with zero attached hydrogens (tertiary/aromatic N) is 2. The van der Waals surface area contributed by atoms with Gasteiger partial charge in [0, 0.05) is 37.7 Å². The number of rotatable bonds is 2. The molecule has 0 bridgehead atoms. The smallest absolute Gasteiger partial charge is 0.263 e. The van der Waals surface area contributed by atoms with Crippen LogP contribution in [0.2, 0.25) is 0 Å². The highest BCUT2D eigenvalue weighted by atomic mass is 16.3. The third-order valence-electron chi connectivity index (χ3n) is 15.2. The van der Waals surface area contributed by atoms with E-state index in [1.165, 1.54) is 55.3 Å². The quantitative estimate of drug-likeness (QED) is 0.163. The van der Waals surface area contributed by atoms with Crippen LogP contribution >= 0.6 is 0 Å². The van der Waals surface area contributed by atoms with Crippen molar-refractivity contribution in [3.8, 4) is 39.1 Å². The van der Waals surface area contributed by atoms with Gasteiger partial charge in [0.1, 0.15) is 11.2 Å². The second-order valence-electron chi connectivity index (χ2n) is 18.2. The van der Waals surface area contributed by atoms with E-state index in [2.05, 4.69) is 187 Å². The molecule has 0 unspecified atom stereocenters. The summed E-state index contributed by atoms with van der Waals surface area (Å²) in [6.07, 6.45) is 0. The molecule has 0 aliphatic heterocycles. The summed E-state index contributed by atoms with van der Waals surface area (Å²) < 4.78 is 11.3. The fourth-order valence-electron chi connectivity index (χ4n) is 12.7. The van der Waals surface area contributed by atoms with Crippen molar-refractivity contribution < 1.29 is 4.42 Å². The highest BCUT2D eigenvalue weighted by Gasteiger charge is 2.51. The summed E-state index contributed by atoms with van der Waals surface area (Å²) in [6, 6.07) is 74.9. The van der Waals surface area contributed by atoms with Crippen molar-refractivity contribution in [1.29, 1.82) is 0 Å². The first-order chi connectivity index (χ1) is 32.7. The van der Waals surface area contributed by atoms with Crippen LogP contribution in [0.1, 0.15) is 22.3 Å². The van der Waals surface area contributed by atoms with Crippen LogP contribution in [0.5, 0.6) is 0 Å². The van der Waals surface area contributed by atoms with Gasteiger partial charge in [0.25, 0.3) is 5.56 Å². The molecule has 0 amide bonds. The summed E-state index contributed by atoms with van der Waals surface area (Å²) in [4.78, 5) is 14.2. The number of aromatic nitrogens is 2. The SMILES string of the molecule is O=c1c2ccccc2c2cc(-c3cc(-n4c5ccccc5c5cc6c(cc54)C4(c5ccccc5-c5ccccc54)c4ccccc4-6)c4c(c3)oc3ccccc34)cc3c4ccccc4n1c23. The summed E-state index contributed by atoms with van der Waals surface area (Å²) in [5.74, 6) is 0. The molecule has 0 fully saturated rings. The van der Waals surface area contributed by atoms with Crippen molar-refractivity contribution in [1.82, 2.24) is 8.97 Å². The van der Waals surface area contributed by atoms with E-state index in [1.807, 2.05) is 28.7 Å². The van der Waals surface area contributed by atoms with Crippen molar-refractivity contribution in [3.05, 3.63) is 239 Å². The standard InChI is InChI=1S/C62H34N2O2/c65-61-43-21-2-1-15-37(43)47-29-35(30-48-42-20-7-13-27-54(42)64(61)60(47)48)36-31-56(59-44-22-8-14-28-57(44)66-58(59)32-36)63-53-26-12-6-19-41(53)46-33-45-40-18-5-11-25-51(40)62(52(45)34-55(46)63)49-23-9-3-16-38(49)39-17-4-10-24-50(39)62/h1-34H. The molecule has 4 heterocycles. The Morgan fingerprint density at radius 3 is 1.61 bits per heavy atom. The van der Waals surface area contributed by atoms with Gasteiger partial charge in [-0.2, -0.15) is 0 Å². The molecule has 2 aliphatic rings. The van der Waals surface area contributed by atoms with Crippen LogP contribution in [0.4, 0.5) is 0 Å². The lowest BCUT2D eigenvalue weighted by molar-refractivity contribution is 0.669. The van der Waals surface area contributed by atoms with Gasteiger partial charge in [0.05, 0.1) is 38.6 Å². The van der Waals surface area contributed by atoms with E-state index in [9.17, 15) is 4.79 Å². The van der Waals surface area contributed by atoms with Gasteiger partial charge in [0.15, 0.2) is 0 Å². The van der Waals surface area contributed by atoms with Crippen LogP contribution in [0.3, 0.4) is 0 Å². The predicted molar refractivity (Wildman–Crippen MR) is 271 cm³/mol. The average molecular weight is 839 g/mol. The van der Waals surface area contributed by atoms with Gasteiger partial charge in [-0.25, -0.2) is 0 Å². The molecule has 0 saturated heterocycles. The van der Waals surface area contributed by atoms with Crippen LogP contribution in [0, 0.1) is 0 Å². The van der Waals surface area contributed by atoms with Gasteiger partial charge in [-0.3, -0.25) is 9.20 Å². The van der Waals surface area contributed by atoms with Crippen LogP contribution in [-0.2, 0) is 5.41 Å². The molecule has 2 aliphatic carbocycles. The monoisotopic (exact) mass is 838 g/mol. The van der Waals surface area contributed by atoms with Crippen LogP contribution < -0.4 is 5.56 Å². The van der Waals surface area contributed by atoms with Crippen LogP contribution in [-0.4, -0.2) is 8.97 Å². The maximum atomic E-state index is 14.2. The molecule has 4 nitrogen and oxygen atoms in total. The Kier molecular flexibility index (Phi) is 6.36.